The molecule has 1 amide bonds. The molecular formula is C13H17NO3. The lowest BCUT2D eigenvalue weighted by molar-refractivity contribution is -0.106. The third-order valence-corrected chi connectivity index (χ3v) is 2.49. The van der Waals surface area contributed by atoms with Crippen LogP contribution in [0.1, 0.15) is 26.3 Å². The van der Waals surface area contributed by atoms with E-state index in [9.17, 15) is 9.59 Å². The Hall–Kier alpha value is -1.84. The van der Waals surface area contributed by atoms with Crippen LogP contribution in [-0.2, 0) is 10.2 Å². The van der Waals surface area contributed by atoms with Gasteiger partial charge in [0, 0.05) is 0 Å². The van der Waals surface area contributed by atoms with Crippen LogP contribution in [0.2, 0.25) is 0 Å². The van der Waals surface area contributed by atoms with Gasteiger partial charge in [0.25, 0.3) is 0 Å². The zero-order valence-corrected chi connectivity index (χ0v) is 10.3. The summed E-state index contributed by atoms with van der Waals surface area (Å²) in [6.07, 6.45) is -0.526. The van der Waals surface area contributed by atoms with Gasteiger partial charge in [0.05, 0.1) is 12.2 Å². The van der Waals surface area contributed by atoms with Crippen molar-refractivity contribution >= 4 is 18.1 Å². The van der Waals surface area contributed by atoms with E-state index in [4.69, 9.17) is 5.11 Å². The van der Waals surface area contributed by atoms with E-state index in [-0.39, 0.29) is 12.0 Å². The molecule has 0 saturated heterocycles. The highest BCUT2D eigenvalue weighted by molar-refractivity contribution is 5.90. The van der Waals surface area contributed by atoms with E-state index in [2.05, 4.69) is 0 Å². The fourth-order valence-corrected chi connectivity index (χ4v) is 1.70. The van der Waals surface area contributed by atoms with Gasteiger partial charge in [-0.15, -0.1) is 0 Å². The number of amides is 1. The molecule has 17 heavy (non-hydrogen) atoms. The van der Waals surface area contributed by atoms with Gasteiger partial charge in [0.2, 0.25) is 0 Å². The summed E-state index contributed by atoms with van der Waals surface area (Å²) in [7, 11) is 0. The minimum absolute atomic E-state index is 0.150. The van der Waals surface area contributed by atoms with Crippen LogP contribution in [0.3, 0.4) is 0 Å². The van der Waals surface area contributed by atoms with Crippen molar-refractivity contribution in [3.05, 3.63) is 29.8 Å². The van der Waals surface area contributed by atoms with Gasteiger partial charge in [0.1, 0.15) is 6.29 Å². The predicted molar refractivity (Wildman–Crippen MR) is 66.6 cm³/mol. The number of carboxylic acid groups (broad SMARTS) is 1. The molecule has 0 aliphatic carbocycles. The normalized spacial score (nSPS) is 11.0. The molecule has 0 aliphatic heterocycles. The Bertz CT molecular complexity index is 421. The summed E-state index contributed by atoms with van der Waals surface area (Å²) in [6, 6.07) is 7.24. The van der Waals surface area contributed by atoms with E-state index in [0.29, 0.717) is 12.0 Å². The quantitative estimate of drug-likeness (QED) is 0.819. The summed E-state index contributed by atoms with van der Waals surface area (Å²) in [5, 5.41) is 9.12. The molecule has 0 unspecified atom stereocenters. The largest absolute Gasteiger partial charge is 0.465 e. The van der Waals surface area contributed by atoms with Gasteiger partial charge in [-0.25, -0.2) is 4.79 Å². The van der Waals surface area contributed by atoms with E-state index in [1.165, 1.54) is 0 Å². The van der Waals surface area contributed by atoms with Crippen LogP contribution in [0.4, 0.5) is 10.5 Å². The van der Waals surface area contributed by atoms with Crippen LogP contribution >= 0.6 is 0 Å². The highest BCUT2D eigenvalue weighted by Crippen LogP contribution is 2.31. The van der Waals surface area contributed by atoms with Crippen molar-refractivity contribution in [3.8, 4) is 0 Å². The number of carbonyl (C=O) groups is 2. The Morgan fingerprint density at radius 3 is 2.41 bits per heavy atom. The van der Waals surface area contributed by atoms with E-state index in [0.717, 1.165) is 10.5 Å². The maximum atomic E-state index is 11.1. The van der Waals surface area contributed by atoms with Crippen LogP contribution in [0.25, 0.3) is 0 Å². The van der Waals surface area contributed by atoms with E-state index in [1.54, 1.807) is 12.1 Å². The number of hydrogen-bond donors (Lipinski definition) is 1. The molecule has 0 radical (unpaired) electrons. The molecule has 0 atom stereocenters. The second-order valence-electron chi connectivity index (χ2n) is 4.83. The van der Waals surface area contributed by atoms with Gasteiger partial charge in [-0.05, 0) is 17.0 Å². The Balaban J connectivity index is 3.28. The minimum atomic E-state index is -1.12. The monoisotopic (exact) mass is 235 g/mol. The van der Waals surface area contributed by atoms with E-state index >= 15 is 0 Å². The molecule has 92 valence electrons. The fraction of sp³-hybridized carbons (Fsp3) is 0.385. The first kappa shape index (κ1) is 13.2. The summed E-state index contributed by atoms with van der Waals surface area (Å²) in [6.45, 7) is 5.87. The number of para-hydroxylation sites is 1. The lowest BCUT2D eigenvalue weighted by Crippen LogP contribution is -2.33. The van der Waals surface area contributed by atoms with E-state index in [1.807, 2.05) is 32.9 Å². The van der Waals surface area contributed by atoms with Crippen molar-refractivity contribution in [1.82, 2.24) is 0 Å². The molecule has 0 aromatic heterocycles. The molecule has 1 N–H and O–H groups in total. The molecule has 0 aliphatic rings. The Kier molecular flexibility index (Phi) is 3.89. The summed E-state index contributed by atoms with van der Waals surface area (Å²) < 4.78 is 0. The Morgan fingerprint density at radius 1 is 1.35 bits per heavy atom. The Labute approximate surface area is 101 Å². The molecule has 4 heteroatoms. The van der Waals surface area contributed by atoms with Crippen LogP contribution in [0.15, 0.2) is 24.3 Å². The molecule has 0 fully saturated rings. The first-order chi connectivity index (χ1) is 7.88. The van der Waals surface area contributed by atoms with Gasteiger partial charge in [-0.2, -0.15) is 0 Å². The van der Waals surface area contributed by atoms with Crippen LogP contribution in [-0.4, -0.2) is 24.0 Å². The highest BCUT2D eigenvalue weighted by Gasteiger charge is 2.23. The summed E-state index contributed by atoms with van der Waals surface area (Å²) in [4.78, 5) is 22.7. The Morgan fingerprint density at radius 2 is 1.94 bits per heavy atom. The van der Waals surface area contributed by atoms with Crippen molar-refractivity contribution in [2.45, 2.75) is 26.2 Å². The second kappa shape index (κ2) is 4.99. The van der Waals surface area contributed by atoms with Gasteiger partial charge in [0.15, 0.2) is 0 Å². The average Bonchev–Trinajstić information content (AvgIpc) is 2.24. The van der Waals surface area contributed by atoms with Crippen LogP contribution in [0, 0.1) is 0 Å². The van der Waals surface area contributed by atoms with Gasteiger partial charge < -0.3 is 9.90 Å². The van der Waals surface area contributed by atoms with Gasteiger partial charge in [-0.3, -0.25) is 4.90 Å². The minimum Gasteiger partial charge on any atom is -0.465 e. The third kappa shape index (κ3) is 3.06. The number of aldehydes is 1. The van der Waals surface area contributed by atoms with Crippen molar-refractivity contribution in [2.24, 2.45) is 0 Å². The maximum Gasteiger partial charge on any atom is 0.412 e. The van der Waals surface area contributed by atoms with E-state index < -0.39 is 6.09 Å². The van der Waals surface area contributed by atoms with Crippen LogP contribution in [0.5, 0.6) is 0 Å². The summed E-state index contributed by atoms with van der Waals surface area (Å²) in [5.41, 5.74) is 1.30. The van der Waals surface area contributed by atoms with Gasteiger partial charge >= 0.3 is 6.09 Å². The van der Waals surface area contributed by atoms with Crippen molar-refractivity contribution in [1.29, 1.82) is 0 Å². The second-order valence-corrected chi connectivity index (χ2v) is 4.83. The fourth-order valence-electron chi connectivity index (χ4n) is 1.70. The molecule has 1 rings (SSSR count). The van der Waals surface area contributed by atoms with Gasteiger partial charge in [-0.1, -0.05) is 39.0 Å². The maximum absolute atomic E-state index is 11.1. The topological polar surface area (TPSA) is 57.6 Å². The number of hydrogen-bond acceptors (Lipinski definition) is 2. The molecule has 0 bridgehead atoms. The SMILES string of the molecule is CC(C)(C)c1ccccc1N(CC=O)C(=O)O. The number of rotatable bonds is 3. The molecule has 1 aromatic rings. The molecular weight excluding hydrogens is 218 g/mol. The summed E-state index contributed by atoms with van der Waals surface area (Å²) >= 11 is 0. The smallest absolute Gasteiger partial charge is 0.412 e. The molecule has 4 nitrogen and oxygen atoms in total. The van der Waals surface area contributed by atoms with Crippen LogP contribution < -0.4 is 4.90 Å². The zero-order chi connectivity index (χ0) is 13.1. The number of carbonyl (C=O) groups excluding carboxylic acids is 1. The third-order valence-electron chi connectivity index (χ3n) is 2.49. The summed E-state index contributed by atoms with van der Waals surface area (Å²) in [5.74, 6) is 0. The predicted octanol–water partition coefficient (Wildman–Crippen LogP) is 2.67. The molecule has 0 heterocycles. The lowest BCUT2D eigenvalue weighted by atomic mass is 9.85. The standard InChI is InChI=1S/C13H17NO3/c1-13(2,3)10-6-4-5-7-11(10)14(8-9-15)12(16)17/h4-7,9H,8H2,1-3H3,(H,16,17). The first-order valence-corrected chi connectivity index (χ1v) is 5.41. The van der Waals surface area contributed by atoms with Crippen molar-refractivity contribution in [2.75, 3.05) is 11.4 Å². The molecule has 0 saturated carbocycles. The highest BCUT2D eigenvalue weighted by atomic mass is 16.4. The lowest BCUT2D eigenvalue weighted by Gasteiger charge is -2.27. The molecule has 1 aromatic carbocycles. The number of benzene rings is 1. The molecule has 0 spiro atoms. The zero-order valence-electron chi connectivity index (χ0n) is 10.3. The average molecular weight is 235 g/mol. The van der Waals surface area contributed by atoms with Crippen molar-refractivity contribution in [3.63, 3.8) is 0 Å². The first-order valence-electron chi connectivity index (χ1n) is 5.41. The number of nitrogens with zero attached hydrogens (tertiary/aromatic N) is 1. The van der Waals surface area contributed by atoms with Crippen molar-refractivity contribution < 1.29 is 14.7 Å². The number of anilines is 1.